The summed E-state index contributed by atoms with van der Waals surface area (Å²) in [5, 5.41) is 8.93. The fraction of sp³-hybridized carbons (Fsp3) is 0.100. The Bertz CT molecular complexity index is 415. The van der Waals surface area contributed by atoms with E-state index in [1.807, 2.05) is 31.2 Å². The molecule has 0 unspecified atom stereocenters. The molecule has 0 aliphatic rings. The van der Waals surface area contributed by atoms with Gasteiger partial charge in [-0.25, -0.2) is 10.6 Å². The van der Waals surface area contributed by atoms with Gasteiger partial charge in [0.2, 0.25) is 0 Å². The van der Waals surface area contributed by atoms with Crippen LogP contribution >= 0.6 is 11.8 Å². The number of rotatable bonds is 4. The Balaban J connectivity index is 2.90. The summed E-state index contributed by atoms with van der Waals surface area (Å²) in [6, 6.07) is 7.58. The van der Waals surface area contributed by atoms with Gasteiger partial charge in [-0.15, -0.1) is 0 Å². The molecule has 0 atom stereocenters. The Morgan fingerprint density at radius 3 is 2.38 bits per heavy atom. The van der Waals surface area contributed by atoms with E-state index in [2.05, 4.69) is 5.43 Å². The first-order valence-corrected chi connectivity index (χ1v) is 5.30. The van der Waals surface area contributed by atoms with Crippen LogP contribution in [0.15, 0.2) is 39.9 Å². The zero-order chi connectivity index (χ0) is 12.1. The Morgan fingerprint density at radius 2 is 1.94 bits per heavy atom. The second-order valence-corrected chi connectivity index (χ2v) is 4.19. The van der Waals surface area contributed by atoms with Crippen LogP contribution in [0.3, 0.4) is 0 Å². The third-order valence-electron chi connectivity index (χ3n) is 1.85. The molecule has 0 heterocycles. The third kappa shape index (κ3) is 3.18. The van der Waals surface area contributed by atoms with Gasteiger partial charge in [-0.1, -0.05) is 29.5 Å². The van der Waals surface area contributed by atoms with Crippen LogP contribution < -0.4 is 17.0 Å². The van der Waals surface area contributed by atoms with Gasteiger partial charge >= 0.3 is 5.97 Å². The maximum atomic E-state index is 10.7. The lowest BCUT2D eigenvalue weighted by Crippen LogP contribution is -2.26. The minimum Gasteiger partial charge on any atom is -0.477 e. The molecule has 0 aliphatic heterocycles. The summed E-state index contributed by atoms with van der Waals surface area (Å²) in [6.07, 6.45) is 0. The molecule has 0 fully saturated rings. The van der Waals surface area contributed by atoms with E-state index in [0.29, 0.717) is 0 Å². The lowest BCUT2D eigenvalue weighted by Gasteiger charge is -2.08. The molecule has 1 aromatic carbocycles. The number of carboxylic acid groups (broad SMARTS) is 1. The number of aryl methyl sites for hydroxylation is 1. The maximum Gasteiger partial charge on any atom is 0.354 e. The van der Waals surface area contributed by atoms with Crippen LogP contribution in [0.5, 0.6) is 0 Å². The Morgan fingerprint density at radius 1 is 1.38 bits per heavy atom. The predicted octanol–water partition coefficient (Wildman–Crippen LogP) is 0.763. The van der Waals surface area contributed by atoms with Gasteiger partial charge in [0.25, 0.3) is 0 Å². The molecule has 5 nitrogen and oxygen atoms in total. The Labute approximate surface area is 97.5 Å². The van der Waals surface area contributed by atoms with E-state index < -0.39 is 5.97 Å². The summed E-state index contributed by atoms with van der Waals surface area (Å²) in [5.74, 6) is 4.02. The molecule has 6 N–H and O–H groups in total. The van der Waals surface area contributed by atoms with E-state index in [-0.39, 0.29) is 10.7 Å². The lowest BCUT2D eigenvalue weighted by molar-refractivity contribution is -0.132. The van der Waals surface area contributed by atoms with Crippen molar-refractivity contribution in [3.63, 3.8) is 0 Å². The predicted molar refractivity (Wildman–Crippen MR) is 63.2 cm³/mol. The number of nitrogens with two attached hydrogens (primary N) is 2. The summed E-state index contributed by atoms with van der Waals surface area (Å²) < 4.78 is 0. The van der Waals surface area contributed by atoms with Gasteiger partial charge in [0.15, 0.2) is 0 Å². The van der Waals surface area contributed by atoms with E-state index in [4.69, 9.17) is 16.7 Å². The van der Waals surface area contributed by atoms with E-state index in [9.17, 15) is 4.79 Å². The van der Waals surface area contributed by atoms with Crippen molar-refractivity contribution in [1.29, 1.82) is 0 Å². The van der Waals surface area contributed by atoms with Crippen molar-refractivity contribution in [2.45, 2.75) is 11.8 Å². The van der Waals surface area contributed by atoms with Crippen LogP contribution in [-0.4, -0.2) is 11.1 Å². The molecule has 86 valence electrons. The van der Waals surface area contributed by atoms with E-state index in [1.165, 1.54) is 11.8 Å². The smallest absolute Gasteiger partial charge is 0.354 e. The van der Waals surface area contributed by atoms with Crippen LogP contribution in [0.2, 0.25) is 0 Å². The first kappa shape index (κ1) is 12.4. The molecule has 0 spiro atoms. The number of hydrogen-bond donors (Lipinski definition) is 4. The maximum absolute atomic E-state index is 10.7. The van der Waals surface area contributed by atoms with Crippen molar-refractivity contribution >= 4 is 17.7 Å². The largest absolute Gasteiger partial charge is 0.477 e. The topological polar surface area (TPSA) is 101 Å². The van der Waals surface area contributed by atoms with E-state index in [1.54, 1.807) is 0 Å². The molecule has 1 aromatic rings. The van der Waals surface area contributed by atoms with Crippen molar-refractivity contribution in [1.82, 2.24) is 5.43 Å². The number of nitrogens with one attached hydrogen (secondary N) is 1. The van der Waals surface area contributed by atoms with Crippen molar-refractivity contribution < 1.29 is 9.90 Å². The SMILES string of the molecule is Cc1ccc(S/C(NN)=C(/N)C(=O)O)cc1. The van der Waals surface area contributed by atoms with Crippen LogP contribution in [0.25, 0.3) is 0 Å². The molecule has 0 saturated heterocycles. The molecular formula is C10H13N3O2S. The van der Waals surface area contributed by atoms with Crippen molar-refractivity contribution in [3.8, 4) is 0 Å². The minimum atomic E-state index is -1.20. The molecule has 0 radical (unpaired) electrons. The normalized spacial score (nSPS) is 11.9. The standard InChI is InChI=1S/C10H13N3O2S/c1-6-2-4-7(5-3-6)16-9(13-12)8(11)10(14)15/h2-5,13H,11-12H2,1H3,(H,14,15)/b9-8+. The monoisotopic (exact) mass is 239 g/mol. The number of thioether (sulfide) groups is 1. The average Bonchev–Trinajstić information content (AvgIpc) is 2.27. The number of hydrazine groups is 1. The Kier molecular flexibility index (Phi) is 4.21. The second kappa shape index (κ2) is 5.43. The second-order valence-electron chi connectivity index (χ2n) is 3.11. The molecular weight excluding hydrogens is 226 g/mol. The van der Waals surface area contributed by atoms with Gasteiger partial charge in [0, 0.05) is 4.90 Å². The number of benzene rings is 1. The molecule has 0 amide bonds. The first-order chi connectivity index (χ1) is 7.54. The summed E-state index contributed by atoms with van der Waals surface area (Å²) in [4.78, 5) is 11.5. The molecule has 6 heteroatoms. The van der Waals surface area contributed by atoms with Crippen molar-refractivity contribution in [2.24, 2.45) is 11.6 Å². The highest BCUT2D eigenvalue weighted by atomic mass is 32.2. The van der Waals surface area contributed by atoms with Gasteiger partial charge in [0.05, 0.1) is 0 Å². The highest BCUT2D eigenvalue weighted by Gasteiger charge is 2.10. The van der Waals surface area contributed by atoms with Crippen LogP contribution in [-0.2, 0) is 4.79 Å². The van der Waals surface area contributed by atoms with Crippen LogP contribution in [0.1, 0.15) is 5.56 Å². The van der Waals surface area contributed by atoms with Crippen molar-refractivity contribution in [2.75, 3.05) is 0 Å². The van der Waals surface area contributed by atoms with Crippen molar-refractivity contribution in [3.05, 3.63) is 40.6 Å². The lowest BCUT2D eigenvalue weighted by atomic mass is 10.2. The molecule has 0 aromatic heterocycles. The average molecular weight is 239 g/mol. The van der Waals surface area contributed by atoms with Gasteiger partial charge < -0.3 is 16.3 Å². The zero-order valence-electron chi connectivity index (χ0n) is 8.73. The number of aliphatic carboxylic acids is 1. The fourth-order valence-electron chi connectivity index (χ4n) is 0.983. The molecule has 0 aliphatic carbocycles. The van der Waals surface area contributed by atoms with Gasteiger partial charge in [-0.2, -0.15) is 0 Å². The van der Waals surface area contributed by atoms with Gasteiger partial charge in [-0.05, 0) is 19.1 Å². The first-order valence-electron chi connectivity index (χ1n) is 4.48. The summed E-state index contributed by atoms with van der Waals surface area (Å²) >= 11 is 1.17. The minimum absolute atomic E-state index is 0.219. The molecule has 16 heavy (non-hydrogen) atoms. The van der Waals surface area contributed by atoms with Gasteiger partial charge in [-0.3, -0.25) is 0 Å². The quantitative estimate of drug-likeness (QED) is 0.268. The van der Waals surface area contributed by atoms with E-state index in [0.717, 1.165) is 10.5 Å². The third-order valence-corrected chi connectivity index (χ3v) is 2.90. The molecule has 0 saturated carbocycles. The summed E-state index contributed by atoms with van der Waals surface area (Å²) in [5.41, 5.74) is 8.48. The summed E-state index contributed by atoms with van der Waals surface area (Å²) in [6.45, 7) is 1.97. The molecule has 0 bridgehead atoms. The number of hydrogen-bond acceptors (Lipinski definition) is 5. The number of carboxylic acids is 1. The highest BCUT2D eigenvalue weighted by molar-refractivity contribution is 8.03. The fourth-order valence-corrected chi connectivity index (χ4v) is 1.75. The van der Waals surface area contributed by atoms with Crippen LogP contribution in [0, 0.1) is 6.92 Å². The van der Waals surface area contributed by atoms with E-state index >= 15 is 0 Å². The Hall–Kier alpha value is -1.66. The molecule has 1 rings (SSSR count). The van der Waals surface area contributed by atoms with Gasteiger partial charge in [0.1, 0.15) is 10.7 Å². The summed E-state index contributed by atoms with van der Waals surface area (Å²) in [7, 11) is 0. The van der Waals surface area contributed by atoms with Crippen LogP contribution in [0.4, 0.5) is 0 Å². The highest BCUT2D eigenvalue weighted by Crippen LogP contribution is 2.25. The zero-order valence-corrected chi connectivity index (χ0v) is 9.54. The number of carbonyl (C=O) groups is 1.